The van der Waals surface area contributed by atoms with Crippen molar-refractivity contribution < 1.29 is 0 Å². The summed E-state index contributed by atoms with van der Waals surface area (Å²) in [5.41, 5.74) is 2.83. The number of fused-ring (bicyclic) bond motifs is 1. The average Bonchev–Trinajstić information content (AvgIpc) is 3.07. The molecule has 3 nitrogen and oxygen atoms in total. The molecule has 1 unspecified atom stereocenters. The number of nitrogens with one attached hydrogen (secondary N) is 2. The standard InChI is InChI=1S/C21H31N3.ClH/c1-2-8-21-19(7-1)20(16-23-21)18-9-13-24(14-10-18)12-4-6-17-5-3-11-22-15-17;/h1-2,7-8,16-18,22-23H,3-6,9-15H2;1H. The third kappa shape index (κ3) is 4.58. The van der Waals surface area contributed by atoms with Crippen LogP contribution in [0, 0.1) is 5.92 Å². The Morgan fingerprint density at radius 3 is 2.72 bits per heavy atom. The number of benzene rings is 1. The van der Waals surface area contributed by atoms with Crippen LogP contribution >= 0.6 is 12.4 Å². The van der Waals surface area contributed by atoms with Gasteiger partial charge < -0.3 is 15.2 Å². The Kier molecular flexibility index (Phi) is 6.80. The molecule has 138 valence electrons. The predicted molar refractivity (Wildman–Crippen MR) is 109 cm³/mol. The Morgan fingerprint density at radius 2 is 1.92 bits per heavy atom. The summed E-state index contributed by atoms with van der Waals surface area (Å²) in [5.74, 6) is 1.67. The molecule has 3 heterocycles. The summed E-state index contributed by atoms with van der Waals surface area (Å²) >= 11 is 0. The Labute approximate surface area is 158 Å². The largest absolute Gasteiger partial charge is 0.361 e. The van der Waals surface area contributed by atoms with E-state index in [-0.39, 0.29) is 12.4 Å². The molecule has 4 heteroatoms. The summed E-state index contributed by atoms with van der Waals surface area (Å²) in [6.45, 7) is 6.33. The number of nitrogens with zero attached hydrogens (tertiary/aromatic N) is 1. The van der Waals surface area contributed by atoms with Gasteiger partial charge in [0.25, 0.3) is 0 Å². The fourth-order valence-corrected chi connectivity index (χ4v) is 4.67. The molecule has 2 aromatic rings. The molecule has 1 aromatic carbocycles. The Morgan fingerprint density at radius 1 is 1.08 bits per heavy atom. The average molecular weight is 362 g/mol. The van der Waals surface area contributed by atoms with Crippen LogP contribution < -0.4 is 5.32 Å². The van der Waals surface area contributed by atoms with Crippen LogP contribution in [0.3, 0.4) is 0 Å². The SMILES string of the molecule is Cl.c1ccc2c(C3CCN(CCCC4CCCNC4)CC3)c[nH]c2c1. The van der Waals surface area contributed by atoms with Crippen molar-refractivity contribution in [2.75, 3.05) is 32.7 Å². The van der Waals surface area contributed by atoms with Crippen LogP contribution in [0.4, 0.5) is 0 Å². The minimum Gasteiger partial charge on any atom is -0.361 e. The molecule has 0 spiro atoms. The van der Waals surface area contributed by atoms with Crippen LogP contribution in [0.25, 0.3) is 10.9 Å². The van der Waals surface area contributed by atoms with E-state index in [1.807, 2.05) is 0 Å². The number of aromatic amines is 1. The van der Waals surface area contributed by atoms with E-state index in [2.05, 4.69) is 45.7 Å². The lowest BCUT2D eigenvalue weighted by molar-refractivity contribution is 0.202. The highest BCUT2D eigenvalue weighted by atomic mass is 35.5. The second-order valence-electron chi connectivity index (χ2n) is 7.76. The summed E-state index contributed by atoms with van der Waals surface area (Å²) in [5, 5.41) is 4.97. The van der Waals surface area contributed by atoms with Gasteiger partial charge in [-0.2, -0.15) is 0 Å². The van der Waals surface area contributed by atoms with Crippen molar-refractivity contribution in [3.63, 3.8) is 0 Å². The third-order valence-electron chi connectivity index (χ3n) is 6.13. The van der Waals surface area contributed by atoms with E-state index in [1.165, 1.54) is 82.2 Å². The van der Waals surface area contributed by atoms with Gasteiger partial charge in [-0.05, 0) is 94.7 Å². The monoisotopic (exact) mass is 361 g/mol. The zero-order valence-corrected chi connectivity index (χ0v) is 16.0. The number of hydrogen-bond acceptors (Lipinski definition) is 2. The number of hydrogen-bond donors (Lipinski definition) is 2. The summed E-state index contributed by atoms with van der Waals surface area (Å²) in [6, 6.07) is 8.74. The summed E-state index contributed by atoms with van der Waals surface area (Å²) in [4.78, 5) is 6.14. The Balaban J connectivity index is 0.00000182. The second-order valence-corrected chi connectivity index (χ2v) is 7.76. The molecule has 0 aliphatic carbocycles. The zero-order chi connectivity index (χ0) is 16.2. The van der Waals surface area contributed by atoms with Crippen molar-refractivity contribution in [1.82, 2.24) is 15.2 Å². The van der Waals surface area contributed by atoms with E-state index in [1.54, 1.807) is 5.56 Å². The summed E-state index contributed by atoms with van der Waals surface area (Å²) < 4.78 is 0. The van der Waals surface area contributed by atoms with Crippen LogP contribution in [0.5, 0.6) is 0 Å². The maximum absolute atomic E-state index is 3.54. The molecule has 1 aromatic heterocycles. The van der Waals surface area contributed by atoms with E-state index in [0.717, 1.165) is 11.8 Å². The molecule has 4 rings (SSSR count). The topological polar surface area (TPSA) is 31.1 Å². The first-order valence-electron chi connectivity index (χ1n) is 9.89. The van der Waals surface area contributed by atoms with Crippen LogP contribution in [0.1, 0.15) is 50.0 Å². The number of para-hydroxylation sites is 1. The van der Waals surface area contributed by atoms with Crippen LogP contribution in [0.2, 0.25) is 0 Å². The molecule has 0 saturated carbocycles. The van der Waals surface area contributed by atoms with Crippen molar-refractivity contribution in [2.45, 2.75) is 44.4 Å². The first kappa shape index (κ1) is 18.8. The molecule has 0 amide bonds. The highest BCUT2D eigenvalue weighted by Crippen LogP contribution is 2.33. The number of piperidine rings is 2. The van der Waals surface area contributed by atoms with Gasteiger partial charge in [0, 0.05) is 17.1 Å². The fraction of sp³-hybridized carbons (Fsp3) is 0.619. The Bertz CT molecular complexity index is 639. The molecule has 1 atom stereocenters. The minimum absolute atomic E-state index is 0. The third-order valence-corrected chi connectivity index (χ3v) is 6.13. The quantitative estimate of drug-likeness (QED) is 0.818. The molecular weight excluding hydrogens is 330 g/mol. The smallest absolute Gasteiger partial charge is 0.0456 e. The summed E-state index contributed by atoms with van der Waals surface area (Å²) in [7, 11) is 0. The first-order valence-corrected chi connectivity index (χ1v) is 9.89. The van der Waals surface area contributed by atoms with Gasteiger partial charge in [0.2, 0.25) is 0 Å². The van der Waals surface area contributed by atoms with E-state index in [0.29, 0.717) is 0 Å². The number of aromatic nitrogens is 1. The van der Waals surface area contributed by atoms with E-state index in [4.69, 9.17) is 0 Å². The number of H-pyrrole nitrogens is 1. The Hall–Kier alpha value is -1.03. The first-order chi connectivity index (χ1) is 11.9. The highest BCUT2D eigenvalue weighted by Gasteiger charge is 2.22. The van der Waals surface area contributed by atoms with Crippen LogP contribution in [0.15, 0.2) is 30.5 Å². The lowest BCUT2D eigenvalue weighted by Gasteiger charge is -2.32. The second kappa shape index (κ2) is 9.07. The molecule has 0 radical (unpaired) electrons. The van der Waals surface area contributed by atoms with Crippen molar-refractivity contribution in [1.29, 1.82) is 0 Å². The van der Waals surface area contributed by atoms with E-state index < -0.39 is 0 Å². The van der Waals surface area contributed by atoms with Crippen molar-refractivity contribution in [2.24, 2.45) is 5.92 Å². The van der Waals surface area contributed by atoms with Crippen molar-refractivity contribution in [3.05, 3.63) is 36.0 Å². The minimum atomic E-state index is 0. The highest BCUT2D eigenvalue weighted by molar-refractivity contribution is 5.85. The van der Waals surface area contributed by atoms with Crippen molar-refractivity contribution in [3.8, 4) is 0 Å². The van der Waals surface area contributed by atoms with Gasteiger partial charge in [0.05, 0.1) is 0 Å². The number of rotatable bonds is 5. The van der Waals surface area contributed by atoms with E-state index >= 15 is 0 Å². The zero-order valence-electron chi connectivity index (χ0n) is 15.2. The van der Waals surface area contributed by atoms with Gasteiger partial charge in [-0.1, -0.05) is 18.2 Å². The maximum Gasteiger partial charge on any atom is 0.0456 e. The number of likely N-dealkylation sites (tertiary alicyclic amines) is 1. The molecule has 0 bridgehead atoms. The van der Waals surface area contributed by atoms with Gasteiger partial charge in [-0.25, -0.2) is 0 Å². The summed E-state index contributed by atoms with van der Waals surface area (Å²) in [6.07, 6.45) is 10.5. The molecular formula is C21H32ClN3. The fourth-order valence-electron chi connectivity index (χ4n) is 4.67. The molecule has 2 aliphatic rings. The van der Waals surface area contributed by atoms with Gasteiger partial charge >= 0.3 is 0 Å². The van der Waals surface area contributed by atoms with Gasteiger partial charge in [0.1, 0.15) is 0 Å². The van der Waals surface area contributed by atoms with E-state index in [9.17, 15) is 0 Å². The molecule has 2 aliphatic heterocycles. The molecule has 2 saturated heterocycles. The van der Waals surface area contributed by atoms with Crippen LogP contribution in [-0.4, -0.2) is 42.6 Å². The normalized spacial score (nSPS) is 22.8. The molecule has 25 heavy (non-hydrogen) atoms. The predicted octanol–water partition coefficient (Wildman–Crippen LogP) is 4.55. The lowest BCUT2D eigenvalue weighted by atomic mass is 9.89. The van der Waals surface area contributed by atoms with Gasteiger partial charge in [0.15, 0.2) is 0 Å². The van der Waals surface area contributed by atoms with Gasteiger partial charge in [-0.15, -0.1) is 12.4 Å². The van der Waals surface area contributed by atoms with Gasteiger partial charge in [-0.3, -0.25) is 0 Å². The molecule has 2 N–H and O–H groups in total. The van der Waals surface area contributed by atoms with Crippen LogP contribution in [-0.2, 0) is 0 Å². The maximum atomic E-state index is 3.54. The van der Waals surface area contributed by atoms with Crippen molar-refractivity contribution >= 4 is 23.3 Å². The number of halogens is 1. The molecule has 2 fully saturated rings. The lowest BCUT2D eigenvalue weighted by Crippen LogP contribution is -2.34.